The minimum atomic E-state index is -0.265. The third-order valence-electron chi connectivity index (χ3n) is 7.46. The normalized spacial score (nSPS) is 21.9. The zero-order valence-corrected chi connectivity index (χ0v) is 21.4. The highest BCUT2D eigenvalue weighted by Gasteiger charge is 2.41. The summed E-state index contributed by atoms with van der Waals surface area (Å²) in [6, 6.07) is 8.53. The monoisotopic (exact) mass is 497 g/mol. The van der Waals surface area contributed by atoms with E-state index in [0.717, 1.165) is 55.4 Å². The summed E-state index contributed by atoms with van der Waals surface area (Å²) in [4.78, 5) is 33.1. The number of methoxy groups -OCH3 is 1. The Balaban J connectivity index is 1.38. The minimum Gasteiger partial charge on any atom is -0.466 e. The quantitative estimate of drug-likeness (QED) is 0.263. The highest BCUT2D eigenvalue weighted by Crippen LogP contribution is 2.29. The number of esters is 1. The van der Waals surface area contributed by atoms with E-state index in [0.29, 0.717) is 26.0 Å². The molecule has 2 amide bonds. The van der Waals surface area contributed by atoms with Crippen LogP contribution in [0.4, 0.5) is 4.79 Å². The average Bonchev–Trinajstić information content (AvgIpc) is 3.58. The molecule has 2 unspecified atom stereocenters. The Morgan fingerprint density at radius 2 is 2.03 bits per heavy atom. The summed E-state index contributed by atoms with van der Waals surface area (Å²) in [7, 11) is 1.66. The van der Waals surface area contributed by atoms with Crippen molar-refractivity contribution in [2.24, 2.45) is 5.73 Å². The van der Waals surface area contributed by atoms with E-state index in [-0.39, 0.29) is 42.4 Å². The maximum atomic E-state index is 13.6. The maximum Gasteiger partial charge on any atom is 0.320 e. The van der Waals surface area contributed by atoms with Crippen LogP contribution < -0.4 is 5.73 Å². The van der Waals surface area contributed by atoms with Crippen molar-refractivity contribution in [2.45, 2.75) is 76.5 Å². The van der Waals surface area contributed by atoms with Gasteiger partial charge in [0.15, 0.2) is 0 Å². The molecule has 1 aromatic heterocycles. The van der Waals surface area contributed by atoms with Crippen molar-refractivity contribution in [3.05, 3.63) is 35.5 Å². The SMILES string of the molecule is CCOC(=O)CC1CC(OC)CN1C(=O)N1CCC[C@H]1CCc1cc2ccc(CCC(=N)N)cc2[nH]1. The summed E-state index contributed by atoms with van der Waals surface area (Å²) in [5.74, 6) is -0.0601. The largest absolute Gasteiger partial charge is 0.466 e. The molecule has 2 aromatic rings. The first kappa shape index (κ1) is 26.0. The first-order valence-corrected chi connectivity index (χ1v) is 13.1. The molecule has 9 nitrogen and oxygen atoms in total. The highest BCUT2D eigenvalue weighted by molar-refractivity contribution is 5.82. The molecular weight excluding hydrogens is 458 g/mol. The molecule has 2 fully saturated rings. The number of hydrogen-bond donors (Lipinski definition) is 3. The molecule has 4 rings (SSSR count). The number of carbonyl (C=O) groups excluding carboxylic acids is 2. The third kappa shape index (κ3) is 6.19. The predicted octanol–water partition coefficient (Wildman–Crippen LogP) is 3.60. The fraction of sp³-hybridized carbons (Fsp3) is 0.593. The Kier molecular flexibility index (Phi) is 8.51. The van der Waals surface area contributed by atoms with E-state index in [1.807, 2.05) is 9.80 Å². The number of carbonyl (C=O) groups is 2. The van der Waals surface area contributed by atoms with Crippen LogP contribution in [-0.4, -0.2) is 77.6 Å². The maximum absolute atomic E-state index is 13.6. The van der Waals surface area contributed by atoms with Gasteiger partial charge >= 0.3 is 12.0 Å². The number of amides is 2. The third-order valence-corrected chi connectivity index (χ3v) is 7.46. The van der Waals surface area contributed by atoms with E-state index in [1.54, 1.807) is 14.0 Å². The van der Waals surface area contributed by atoms with Crippen molar-refractivity contribution in [3.63, 3.8) is 0 Å². The van der Waals surface area contributed by atoms with E-state index in [1.165, 1.54) is 5.39 Å². The van der Waals surface area contributed by atoms with E-state index in [2.05, 4.69) is 29.2 Å². The number of amidine groups is 1. The fourth-order valence-electron chi connectivity index (χ4n) is 5.56. The predicted molar refractivity (Wildman–Crippen MR) is 139 cm³/mol. The van der Waals surface area contributed by atoms with E-state index < -0.39 is 0 Å². The van der Waals surface area contributed by atoms with Crippen molar-refractivity contribution >= 4 is 28.7 Å². The van der Waals surface area contributed by atoms with Crippen LogP contribution in [-0.2, 0) is 27.1 Å². The second-order valence-electron chi connectivity index (χ2n) is 9.96. The van der Waals surface area contributed by atoms with Crippen LogP contribution in [0.5, 0.6) is 0 Å². The van der Waals surface area contributed by atoms with Crippen LogP contribution in [0.2, 0.25) is 0 Å². The van der Waals surface area contributed by atoms with Crippen molar-refractivity contribution in [1.82, 2.24) is 14.8 Å². The van der Waals surface area contributed by atoms with Gasteiger partial charge in [-0.15, -0.1) is 0 Å². The molecule has 0 aliphatic carbocycles. The van der Waals surface area contributed by atoms with Gasteiger partial charge < -0.3 is 30.0 Å². The molecule has 0 bridgehead atoms. The summed E-state index contributed by atoms with van der Waals surface area (Å²) in [6.45, 7) is 3.39. The van der Waals surface area contributed by atoms with Gasteiger partial charge in [0, 0.05) is 49.9 Å². The second kappa shape index (κ2) is 11.8. The number of nitrogens with two attached hydrogens (primary N) is 1. The van der Waals surface area contributed by atoms with Gasteiger partial charge in [0.1, 0.15) is 0 Å². The standard InChI is InChI=1S/C27H39N5O4/c1-3-36-26(33)16-22-15-23(35-2)17-32(22)27(34)31-12-4-5-21(31)10-9-20-14-19-8-6-18(7-11-25(28)29)13-24(19)30-20/h6,8,13-14,21-23,30H,3-5,7,9-12,15-17H2,1-2H3,(H3,28,29)/t21-,22?,23?/m0/s1. The number of H-pyrrole nitrogens is 1. The summed E-state index contributed by atoms with van der Waals surface area (Å²) < 4.78 is 10.7. The molecule has 0 radical (unpaired) electrons. The van der Waals surface area contributed by atoms with Crippen LogP contribution in [0, 0.1) is 5.41 Å². The molecule has 2 aliphatic rings. The zero-order valence-electron chi connectivity index (χ0n) is 21.4. The van der Waals surface area contributed by atoms with Gasteiger partial charge in [0.25, 0.3) is 0 Å². The number of nitrogens with zero attached hydrogens (tertiary/aromatic N) is 2. The molecule has 2 saturated heterocycles. The lowest BCUT2D eigenvalue weighted by molar-refractivity contribution is -0.144. The number of aryl methyl sites for hydroxylation is 2. The topological polar surface area (TPSA) is 125 Å². The Morgan fingerprint density at radius 1 is 1.19 bits per heavy atom. The number of rotatable bonds is 10. The lowest BCUT2D eigenvalue weighted by atomic mass is 10.1. The average molecular weight is 498 g/mol. The highest BCUT2D eigenvalue weighted by atomic mass is 16.5. The van der Waals surface area contributed by atoms with E-state index in [9.17, 15) is 9.59 Å². The van der Waals surface area contributed by atoms with E-state index >= 15 is 0 Å². The number of nitrogens with one attached hydrogen (secondary N) is 2. The summed E-state index contributed by atoms with van der Waals surface area (Å²) in [5, 5.41) is 8.61. The molecule has 1 aromatic carbocycles. The van der Waals surface area contributed by atoms with Crippen molar-refractivity contribution < 1.29 is 19.1 Å². The van der Waals surface area contributed by atoms with Gasteiger partial charge in [-0.1, -0.05) is 12.1 Å². The molecule has 4 N–H and O–H groups in total. The van der Waals surface area contributed by atoms with Crippen LogP contribution in [0.3, 0.4) is 0 Å². The lowest BCUT2D eigenvalue weighted by Gasteiger charge is -2.32. The molecule has 0 spiro atoms. The van der Waals surface area contributed by atoms with Gasteiger partial charge in [-0.05, 0) is 68.5 Å². The van der Waals surface area contributed by atoms with Crippen LogP contribution >= 0.6 is 0 Å². The Morgan fingerprint density at radius 3 is 2.78 bits per heavy atom. The molecule has 0 saturated carbocycles. The number of benzene rings is 1. The van der Waals surface area contributed by atoms with E-state index in [4.69, 9.17) is 20.6 Å². The van der Waals surface area contributed by atoms with Crippen LogP contribution in [0.15, 0.2) is 24.3 Å². The number of hydrogen-bond acceptors (Lipinski definition) is 5. The second-order valence-corrected chi connectivity index (χ2v) is 9.96. The Hall–Kier alpha value is -3.07. The summed E-state index contributed by atoms with van der Waals surface area (Å²) >= 11 is 0. The lowest BCUT2D eigenvalue weighted by Crippen LogP contribution is -2.48. The Labute approximate surface area is 212 Å². The van der Waals surface area contributed by atoms with Crippen molar-refractivity contribution in [3.8, 4) is 0 Å². The van der Waals surface area contributed by atoms with Gasteiger partial charge in [-0.2, -0.15) is 0 Å². The molecule has 36 heavy (non-hydrogen) atoms. The number of aromatic amines is 1. The first-order valence-electron chi connectivity index (χ1n) is 13.1. The zero-order chi connectivity index (χ0) is 25.7. The number of ether oxygens (including phenoxy) is 2. The first-order chi connectivity index (χ1) is 17.4. The number of fused-ring (bicyclic) bond motifs is 1. The molecule has 9 heteroatoms. The smallest absolute Gasteiger partial charge is 0.320 e. The molecular formula is C27H39N5O4. The van der Waals surface area contributed by atoms with Gasteiger partial charge in [-0.3, -0.25) is 10.2 Å². The minimum absolute atomic E-state index is 0.0121. The number of aromatic nitrogens is 1. The summed E-state index contributed by atoms with van der Waals surface area (Å²) in [6.07, 6.45) is 5.87. The van der Waals surface area contributed by atoms with Crippen LogP contribution in [0.1, 0.15) is 56.7 Å². The van der Waals surface area contributed by atoms with Crippen LogP contribution in [0.25, 0.3) is 10.9 Å². The van der Waals surface area contributed by atoms with Gasteiger partial charge in [0.2, 0.25) is 0 Å². The summed E-state index contributed by atoms with van der Waals surface area (Å²) in [5.41, 5.74) is 8.92. The Bertz CT molecular complexity index is 1080. The fourth-order valence-corrected chi connectivity index (χ4v) is 5.56. The van der Waals surface area contributed by atoms with Gasteiger partial charge in [0.05, 0.1) is 25.0 Å². The molecule has 3 atom stereocenters. The van der Waals surface area contributed by atoms with Crippen molar-refractivity contribution in [2.75, 3.05) is 26.8 Å². The number of likely N-dealkylation sites (tertiary alicyclic amines) is 2. The van der Waals surface area contributed by atoms with Gasteiger partial charge in [-0.25, -0.2) is 4.79 Å². The van der Waals surface area contributed by atoms with Crippen molar-refractivity contribution in [1.29, 1.82) is 5.41 Å². The number of urea groups is 1. The molecule has 3 heterocycles. The molecule has 196 valence electrons. The molecule has 2 aliphatic heterocycles.